The van der Waals surface area contributed by atoms with Gasteiger partial charge in [0.2, 0.25) is 0 Å². The first-order valence-electron chi connectivity index (χ1n) is 11.0. The maximum absolute atomic E-state index is 6.17. The van der Waals surface area contributed by atoms with E-state index in [0.717, 1.165) is 50.3 Å². The van der Waals surface area contributed by atoms with Crippen LogP contribution in [0.5, 0.6) is 11.5 Å². The minimum Gasteiger partial charge on any atom is -0.493 e. The Kier molecular flexibility index (Phi) is 7.28. The molecule has 0 bridgehead atoms. The SMILES string of the molecule is CCCCCN=C(N)N[C@@H]1CC[C@@]2(c3ccc(OC)c(OC)c3)CCN(C)[C@@H]2C1. The van der Waals surface area contributed by atoms with Gasteiger partial charge in [0.1, 0.15) is 0 Å². The number of nitrogens with two attached hydrogens (primary N) is 1. The zero-order valence-electron chi connectivity index (χ0n) is 18.5. The molecular formula is C23H38N4O2. The number of aliphatic imine (C=N–C) groups is 1. The van der Waals surface area contributed by atoms with Gasteiger partial charge in [0.25, 0.3) is 0 Å². The van der Waals surface area contributed by atoms with Crippen molar-refractivity contribution < 1.29 is 9.47 Å². The molecule has 0 spiro atoms. The van der Waals surface area contributed by atoms with Crippen molar-refractivity contribution in [3.8, 4) is 11.5 Å². The number of unbranched alkanes of at least 4 members (excludes halogenated alkanes) is 2. The van der Waals surface area contributed by atoms with Crippen molar-refractivity contribution in [3.63, 3.8) is 0 Å². The zero-order valence-corrected chi connectivity index (χ0v) is 18.5. The third-order valence-electron chi connectivity index (χ3n) is 6.88. The van der Waals surface area contributed by atoms with E-state index in [1.54, 1.807) is 14.2 Å². The highest BCUT2D eigenvalue weighted by molar-refractivity contribution is 5.78. The van der Waals surface area contributed by atoms with Gasteiger partial charge < -0.3 is 25.4 Å². The molecule has 0 amide bonds. The summed E-state index contributed by atoms with van der Waals surface area (Å²) in [6.07, 6.45) is 8.02. The number of rotatable bonds is 8. The van der Waals surface area contributed by atoms with E-state index < -0.39 is 0 Å². The van der Waals surface area contributed by atoms with Crippen molar-refractivity contribution in [2.75, 3.05) is 34.4 Å². The summed E-state index contributed by atoms with van der Waals surface area (Å²) in [5.74, 6) is 2.21. The number of hydrogen-bond acceptors (Lipinski definition) is 4. The number of hydrogen-bond donors (Lipinski definition) is 2. The van der Waals surface area contributed by atoms with Crippen LogP contribution < -0.4 is 20.5 Å². The third kappa shape index (κ3) is 4.63. The van der Waals surface area contributed by atoms with E-state index in [9.17, 15) is 0 Å². The molecule has 6 heteroatoms. The second-order valence-corrected chi connectivity index (χ2v) is 8.56. The molecule has 2 aliphatic rings. The first-order chi connectivity index (χ1) is 14.0. The molecule has 0 radical (unpaired) electrons. The second-order valence-electron chi connectivity index (χ2n) is 8.56. The van der Waals surface area contributed by atoms with Gasteiger partial charge in [-0.3, -0.25) is 4.99 Å². The van der Waals surface area contributed by atoms with Crippen LogP contribution in [0, 0.1) is 0 Å². The molecule has 29 heavy (non-hydrogen) atoms. The first kappa shape index (κ1) is 21.8. The number of fused-ring (bicyclic) bond motifs is 1. The van der Waals surface area contributed by atoms with Gasteiger partial charge in [-0.1, -0.05) is 25.8 Å². The summed E-state index contributed by atoms with van der Waals surface area (Å²) in [5, 5.41) is 3.49. The van der Waals surface area contributed by atoms with Crippen LogP contribution >= 0.6 is 0 Å². The van der Waals surface area contributed by atoms with Gasteiger partial charge in [-0.2, -0.15) is 0 Å². The summed E-state index contributed by atoms with van der Waals surface area (Å²) >= 11 is 0. The summed E-state index contributed by atoms with van der Waals surface area (Å²) in [5.41, 5.74) is 7.70. The first-order valence-corrected chi connectivity index (χ1v) is 11.0. The van der Waals surface area contributed by atoms with Crippen LogP contribution in [0.4, 0.5) is 0 Å². The maximum atomic E-state index is 6.17. The summed E-state index contributed by atoms with van der Waals surface area (Å²) < 4.78 is 11.0. The maximum Gasteiger partial charge on any atom is 0.188 e. The molecule has 1 aliphatic heterocycles. The zero-order chi connectivity index (χ0) is 20.9. The van der Waals surface area contributed by atoms with Crippen LogP contribution in [0.2, 0.25) is 0 Å². The lowest BCUT2D eigenvalue weighted by Gasteiger charge is -2.45. The Morgan fingerprint density at radius 2 is 2.03 bits per heavy atom. The molecule has 2 fully saturated rings. The Bertz CT molecular complexity index is 708. The van der Waals surface area contributed by atoms with E-state index >= 15 is 0 Å². The standard InChI is InChI=1S/C23H38N4O2/c1-5-6-7-13-25-22(24)26-18-10-11-23(12-14-27(2)21(23)16-18)17-8-9-19(28-3)20(15-17)29-4/h8-9,15,18,21H,5-7,10-14,16H2,1-4H3,(H3,24,25,26)/t18-,21-,23+/m1/s1. The highest BCUT2D eigenvalue weighted by Crippen LogP contribution is 2.49. The van der Waals surface area contributed by atoms with Crippen LogP contribution in [0.1, 0.15) is 57.4 Å². The molecule has 1 aliphatic carbocycles. The van der Waals surface area contributed by atoms with Crippen LogP contribution in [0.3, 0.4) is 0 Å². The summed E-state index contributed by atoms with van der Waals surface area (Å²) in [4.78, 5) is 7.03. The van der Waals surface area contributed by atoms with E-state index in [1.165, 1.54) is 24.8 Å². The van der Waals surface area contributed by atoms with E-state index in [2.05, 4.69) is 41.3 Å². The molecule has 1 saturated heterocycles. The Labute approximate surface area is 175 Å². The van der Waals surface area contributed by atoms with Crippen LogP contribution in [-0.2, 0) is 5.41 Å². The van der Waals surface area contributed by atoms with E-state index in [-0.39, 0.29) is 5.41 Å². The minimum atomic E-state index is 0.166. The van der Waals surface area contributed by atoms with Gasteiger partial charge in [0.05, 0.1) is 14.2 Å². The highest BCUT2D eigenvalue weighted by Gasteiger charge is 2.50. The Hall–Kier alpha value is -1.95. The average Bonchev–Trinajstić information content (AvgIpc) is 3.08. The summed E-state index contributed by atoms with van der Waals surface area (Å²) in [7, 11) is 5.64. The van der Waals surface area contributed by atoms with Gasteiger partial charge in [-0.05, 0) is 63.4 Å². The lowest BCUT2D eigenvalue weighted by molar-refractivity contribution is 0.161. The Balaban J connectivity index is 1.73. The second kappa shape index (κ2) is 9.70. The van der Waals surface area contributed by atoms with Gasteiger partial charge in [0.15, 0.2) is 17.5 Å². The van der Waals surface area contributed by atoms with E-state index in [1.807, 2.05) is 6.07 Å². The van der Waals surface area contributed by atoms with Crippen molar-refractivity contribution in [1.29, 1.82) is 0 Å². The lowest BCUT2D eigenvalue weighted by Crippen LogP contribution is -2.52. The van der Waals surface area contributed by atoms with Gasteiger partial charge in [0, 0.05) is 24.0 Å². The van der Waals surface area contributed by atoms with Gasteiger partial charge in [-0.25, -0.2) is 0 Å². The lowest BCUT2D eigenvalue weighted by atomic mass is 9.65. The molecule has 0 unspecified atom stereocenters. The van der Waals surface area contributed by atoms with E-state index in [0.29, 0.717) is 18.0 Å². The number of nitrogens with zero attached hydrogens (tertiary/aromatic N) is 2. The number of guanidine groups is 1. The van der Waals surface area contributed by atoms with Gasteiger partial charge in [-0.15, -0.1) is 0 Å². The largest absolute Gasteiger partial charge is 0.493 e. The molecule has 1 saturated carbocycles. The van der Waals surface area contributed by atoms with Crippen molar-refractivity contribution >= 4 is 5.96 Å². The topological polar surface area (TPSA) is 72.1 Å². The smallest absolute Gasteiger partial charge is 0.188 e. The molecule has 3 rings (SSSR count). The van der Waals surface area contributed by atoms with Crippen molar-refractivity contribution in [3.05, 3.63) is 23.8 Å². The monoisotopic (exact) mass is 402 g/mol. The molecule has 1 heterocycles. The number of methoxy groups -OCH3 is 2. The summed E-state index contributed by atoms with van der Waals surface area (Å²) in [6.45, 7) is 4.14. The molecule has 3 N–H and O–H groups in total. The van der Waals surface area contributed by atoms with Gasteiger partial charge >= 0.3 is 0 Å². The quantitative estimate of drug-likeness (QED) is 0.397. The molecular weight excluding hydrogens is 364 g/mol. The van der Waals surface area contributed by atoms with Crippen molar-refractivity contribution in [2.24, 2.45) is 10.7 Å². The number of likely N-dealkylation sites (N-methyl/N-ethyl adjacent to an activating group) is 1. The fraction of sp³-hybridized carbons (Fsp3) is 0.696. The van der Waals surface area contributed by atoms with E-state index in [4.69, 9.17) is 15.2 Å². The number of ether oxygens (including phenoxy) is 2. The molecule has 3 atom stereocenters. The molecule has 1 aromatic carbocycles. The molecule has 0 aromatic heterocycles. The third-order valence-corrected chi connectivity index (χ3v) is 6.88. The number of nitrogens with one attached hydrogen (secondary N) is 1. The Morgan fingerprint density at radius 3 is 2.76 bits per heavy atom. The van der Waals surface area contributed by atoms with Crippen LogP contribution in [0.15, 0.2) is 23.2 Å². The fourth-order valence-electron chi connectivity index (χ4n) is 5.21. The normalized spacial score (nSPS) is 27.5. The predicted molar refractivity (Wildman–Crippen MR) is 119 cm³/mol. The van der Waals surface area contributed by atoms with Crippen LogP contribution in [-0.4, -0.2) is 57.3 Å². The van der Waals surface area contributed by atoms with Crippen LogP contribution in [0.25, 0.3) is 0 Å². The molecule has 6 nitrogen and oxygen atoms in total. The highest BCUT2D eigenvalue weighted by atomic mass is 16.5. The van der Waals surface area contributed by atoms with Crippen molar-refractivity contribution in [1.82, 2.24) is 10.2 Å². The molecule has 1 aromatic rings. The number of benzene rings is 1. The summed E-state index contributed by atoms with van der Waals surface area (Å²) in [6, 6.07) is 7.32. The number of likely N-dealkylation sites (tertiary alicyclic amines) is 1. The van der Waals surface area contributed by atoms with Crippen molar-refractivity contribution in [2.45, 2.75) is 69.4 Å². The minimum absolute atomic E-state index is 0.166. The molecule has 162 valence electrons. The average molecular weight is 403 g/mol. The fourth-order valence-corrected chi connectivity index (χ4v) is 5.21. The predicted octanol–water partition coefficient (Wildman–Crippen LogP) is 3.29. The Morgan fingerprint density at radius 1 is 1.24 bits per heavy atom.